The first-order valence-electron chi connectivity index (χ1n) is 5.93. The van der Waals surface area contributed by atoms with Crippen LogP contribution >= 0.6 is 11.6 Å². The van der Waals surface area contributed by atoms with Crippen molar-refractivity contribution >= 4 is 23.1 Å². The standard InChI is InChI=1S/C15H14ClN3/c1-9-4-5-12(7-14(9)16)19-15-13(8-17)10(2)6-11(3)18-15/h4-7H,1-3H3,(H,18,19). The lowest BCUT2D eigenvalue weighted by molar-refractivity contribution is 1.16. The van der Waals surface area contributed by atoms with E-state index in [9.17, 15) is 5.26 Å². The lowest BCUT2D eigenvalue weighted by Crippen LogP contribution is -2.00. The molecule has 0 unspecified atom stereocenters. The van der Waals surface area contributed by atoms with Crippen LogP contribution in [0.1, 0.15) is 22.4 Å². The number of aromatic nitrogens is 1. The predicted octanol–water partition coefficient (Wildman–Crippen LogP) is 4.28. The van der Waals surface area contributed by atoms with E-state index < -0.39 is 0 Å². The van der Waals surface area contributed by atoms with E-state index in [0.717, 1.165) is 22.5 Å². The van der Waals surface area contributed by atoms with E-state index in [-0.39, 0.29) is 0 Å². The Hall–Kier alpha value is -2.05. The molecule has 0 spiro atoms. The third-order valence-corrected chi connectivity index (χ3v) is 3.30. The van der Waals surface area contributed by atoms with E-state index in [1.54, 1.807) is 0 Å². The Bertz CT molecular complexity index is 672. The lowest BCUT2D eigenvalue weighted by atomic mass is 10.1. The Morgan fingerprint density at radius 3 is 2.53 bits per heavy atom. The highest BCUT2D eigenvalue weighted by molar-refractivity contribution is 6.31. The first-order valence-corrected chi connectivity index (χ1v) is 6.30. The van der Waals surface area contributed by atoms with Gasteiger partial charge in [-0.15, -0.1) is 0 Å². The normalized spacial score (nSPS) is 10.1. The van der Waals surface area contributed by atoms with Gasteiger partial charge in [-0.05, 0) is 50.1 Å². The Morgan fingerprint density at radius 2 is 1.89 bits per heavy atom. The summed E-state index contributed by atoms with van der Waals surface area (Å²) in [6, 6.07) is 9.75. The van der Waals surface area contributed by atoms with Gasteiger partial charge in [-0.2, -0.15) is 5.26 Å². The van der Waals surface area contributed by atoms with Crippen LogP contribution in [0, 0.1) is 32.1 Å². The smallest absolute Gasteiger partial charge is 0.148 e. The second-order valence-corrected chi connectivity index (χ2v) is 4.91. The van der Waals surface area contributed by atoms with Crippen molar-refractivity contribution < 1.29 is 0 Å². The SMILES string of the molecule is Cc1cc(C)c(C#N)c(Nc2ccc(C)c(Cl)c2)n1. The number of nitriles is 1. The van der Waals surface area contributed by atoms with Crippen molar-refractivity contribution in [3.05, 3.63) is 51.7 Å². The number of nitrogens with one attached hydrogen (secondary N) is 1. The summed E-state index contributed by atoms with van der Waals surface area (Å²) in [5.41, 5.74) is 4.18. The molecule has 0 amide bonds. The first kappa shape index (κ1) is 13.4. The van der Waals surface area contributed by atoms with E-state index in [1.165, 1.54) is 0 Å². The maximum atomic E-state index is 9.21. The molecule has 0 atom stereocenters. The minimum absolute atomic E-state index is 0.558. The van der Waals surface area contributed by atoms with Crippen LogP contribution in [0.4, 0.5) is 11.5 Å². The Morgan fingerprint density at radius 1 is 1.16 bits per heavy atom. The summed E-state index contributed by atoms with van der Waals surface area (Å²) in [4.78, 5) is 4.38. The van der Waals surface area contributed by atoms with Gasteiger partial charge < -0.3 is 5.32 Å². The van der Waals surface area contributed by atoms with Crippen LogP contribution in [0.5, 0.6) is 0 Å². The molecule has 19 heavy (non-hydrogen) atoms. The van der Waals surface area contributed by atoms with Crippen LogP contribution in [0.25, 0.3) is 0 Å². The quantitative estimate of drug-likeness (QED) is 0.887. The molecule has 0 fully saturated rings. The van der Waals surface area contributed by atoms with Gasteiger partial charge in [0.15, 0.2) is 0 Å². The fraction of sp³-hybridized carbons (Fsp3) is 0.200. The average Bonchev–Trinajstić information content (AvgIpc) is 2.33. The number of rotatable bonds is 2. The van der Waals surface area contributed by atoms with Crippen molar-refractivity contribution in [1.29, 1.82) is 5.26 Å². The fourth-order valence-electron chi connectivity index (χ4n) is 1.88. The highest BCUT2D eigenvalue weighted by Crippen LogP contribution is 2.25. The summed E-state index contributed by atoms with van der Waals surface area (Å²) < 4.78 is 0. The molecule has 2 aromatic rings. The Labute approximate surface area is 117 Å². The summed E-state index contributed by atoms with van der Waals surface area (Å²) in [5, 5.41) is 13.1. The van der Waals surface area contributed by atoms with Crippen LogP contribution in [0.3, 0.4) is 0 Å². The van der Waals surface area contributed by atoms with Crippen LogP contribution < -0.4 is 5.32 Å². The minimum atomic E-state index is 0.558. The van der Waals surface area contributed by atoms with E-state index >= 15 is 0 Å². The monoisotopic (exact) mass is 271 g/mol. The summed E-state index contributed by atoms with van der Waals surface area (Å²) in [6.07, 6.45) is 0. The van der Waals surface area contributed by atoms with Crippen LogP contribution in [-0.2, 0) is 0 Å². The van der Waals surface area contributed by atoms with Gasteiger partial charge in [-0.1, -0.05) is 17.7 Å². The molecule has 1 aromatic heterocycles. The fourth-order valence-corrected chi connectivity index (χ4v) is 2.06. The van der Waals surface area contributed by atoms with Gasteiger partial charge in [0.2, 0.25) is 0 Å². The summed E-state index contributed by atoms with van der Waals surface area (Å²) in [5.74, 6) is 0.569. The van der Waals surface area contributed by atoms with Gasteiger partial charge >= 0.3 is 0 Å². The number of halogens is 1. The second-order valence-electron chi connectivity index (χ2n) is 4.50. The molecular weight excluding hydrogens is 258 g/mol. The summed E-state index contributed by atoms with van der Waals surface area (Å²) in [6.45, 7) is 5.75. The van der Waals surface area contributed by atoms with Crippen molar-refractivity contribution in [2.75, 3.05) is 5.32 Å². The molecule has 3 nitrogen and oxygen atoms in total. The number of hydrogen-bond donors (Lipinski definition) is 1. The van der Waals surface area contributed by atoms with Crippen LogP contribution in [0.2, 0.25) is 5.02 Å². The van der Waals surface area contributed by atoms with E-state index in [0.29, 0.717) is 16.4 Å². The largest absolute Gasteiger partial charge is 0.339 e. The Balaban J connectivity index is 2.43. The predicted molar refractivity (Wildman–Crippen MR) is 77.9 cm³/mol. The van der Waals surface area contributed by atoms with Gasteiger partial charge in [0.1, 0.15) is 11.9 Å². The topological polar surface area (TPSA) is 48.7 Å². The maximum absolute atomic E-state index is 9.21. The highest BCUT2D eigenvalue weighted by atomic mass is 35.5. The number of hydrogen-bond acceptors (Lipinski definition) is 3. The average molecular weight is 272 g/mol. The number of pyridine rings is 1. The molecule has 0 radical (unpaired) electrons. The van der Waals surface area contributed by atoms with Gasteiger partial charge in [0.05, 0.1) is 5.56 Å². The van der Waals surface area contributed by atoms with E-state index in [2.05, 4.69) is 16.4 Å². The second kappa shape index (κ2) is 5.29. The van der Waals surface area contributed by atoms with Crippen LogP contribution in [0.15, 0.2) is 24.3 Å². The summed E-state index contributed by atoms with van der Waals surface area (Å²) in [7, 11) is 0. The zero-order chi connectivity index (χ0) is 14.0. The lowest BCUT2D eigenvalue weighted by Gasteiger charge is -2.11. The molecule has 4 heteroatoms. The van der Waals surface area contributed by atoms with Crippen molar-refractivity contribution in [2.45, 2.75) is 20.8 Å². The molecule has 1 N–H and O–H groups in total. The first-order chi connectivity index (χ1) is 9.01. The minimum Gasteiger partial charge on any atom is -0.339 e. The molecule has 0 bridgehead atoms. The van der Waals surface area contributed by atoms with Gasteiger partial charge in [-0.25, -0.2) is 4.98 Å². The molecule has 0 saturated heterocycles. The highest BCUT2D eigenvalue weighted by Gasteiger charge is 2.09. The Kier molecular flexibility index (Phi) is 3.73. The van der Waals surface area contributed by atoms with E-state index in [1.807, 2.05) is 45.0 Å². The third kappa shape index (κ3) is 2.86. The molecule has 2 rings (SSSR count). The van der Waals surface area contributed by atoms with Crippen LogP contribution in [-0.4, -0.2) is 4.98 Å². The van der Waals surface area contributed by atoms with Crippen molar-refractivity contribution in [1.82, 2.24) is 4.98 Å². The molecule has 0 aliphatic carbocycles. The third-order valence-electron chi connectivity index (χ3n) is 2.89. The van der Waals surface area contributed by atoms with Crippen molar-refractivity contribution in [3.8, 4) is 6.07 Å². The van der Waals surface area contributed by atoms with Gasteiger partial charge in [-0.3, -0.25) is 0 Å². The molecule has 0 aliphatic rings. The molecule has 1 heterocycles. The number of nitrogens with zero attached hydrogens (tertiary/aromatic N) is 2. The number of anilines is 2. The van der Waals surface area contributed by atoms with Gasteiger partial charge in [0, 0.05) is 16.4 Å². The zero-order valence-electron chi connectivity index (χ0n) is 11.1. The molecular formula is C15H14ClN3. The molecule has 1 aromatic carbocycles. The van der Waals surface area contributed by atoms with Crippen molar-refractivity contribution in [2.24, 2.45) is 0 Å². The van der Waals surface area contributed by atoms with Gasteiger partial charge in [0.25, 0.3) is 0 Å². The number of benzene rings is 1. The molecule has 0 saturated carbocycles. The summed E-state index contributed by atoms with van der Waals surface area (Å²) >= 11 is 6.09. The zero-order valence-corrected chi connectivity index (χ0v) is 11.8. The van der Waals surface area contributed by atoms with Crippen molar-refractivity contribution in [3.63, 3.8) is 0 Å². The maximum Gasteiger partial charge on any atom is 0.148 e. The van der Waals surface area contributed by atoms with E-state index in [4.69, 9.17) is 11.6 Å². The number of aryl methyl sites for hydroxylation is 3. The molecule has 96 valence electrons. The molecule has 0 aliphatic heterocycles.